The molecule has 1 N–H and O–H groups in total. The van der Waals surface area contributed by atoms with E-state index in [1.54, 1.807) is 11.3 Å². The van der Waals surface area contributed by atoms with Gasteiger partial charge in [0, 0.05) is 18.7 Å². The van der Waals surface area contributed by atoms with Crippen LogP contribution in [0.1, 0.15) is 41.0 Å². The molecular formula is C17H19N3O2S. The van der Waals surface area contributed by atoms with Gasteiger partial charge in [-0.15, -0.1) is 11.3 Å². The van der Waals surface area contributed by atoms with Gasteiger partial charge in [-0.1, -0.05) is 12.8 Å². The van der Waals surface area contributed by atoms with Crippen molar-refractivity contribution in [2.75, 3.05) is 13.1 Å². The second-order valence-corrected chi connectivity index (χ2v) is 7.60. The molecule has 2 aliphatic rings. The lowest BCUT2D eigenvalue weighted by atomic mass is 9.90. The van der Waals surface area contributed by atoms with Crippen molar-refractivity contribution in [1.82, 2.24) is 15.2 Å². The minimum atomic E-state index is -0.631. The third-order valence-corrected chi connectivity index (χ3v) is 5.91. The number of amides is 2. The number of carbonyl (C=O) groups is 2. The maximum Gasteiger partial charge on any atom is 0.254 e. The van der Waals surface area contributed by atoms with Crippen LogP contribution in [0.25, 0.3) is 10.2 Å². The number of aromatic nitrogens is 1. The molecule has 1 aromatic carbocycles. The number of nitrogens with one attached hydrogen (secondary N) is 1. The van der Waals surface area contributed by atoms with Crippen molar-refractivity contribution in [3.63, 3.8) is 0 Å². The molecule has 6 heteroatoms. The summed E-state index contributed by atoms with van der Waals surface area (Å²) in [5, 5.41) is 3.94. The van der Waals surface area contributed by atoms with Crippen LogP contribution in [-0.4, -0.2) is 40.3 Å². The summed E-state index contributed by atoms with van der Waals surface area (Å²) >= 11 is 1.59. The Morgan fingerprint density at radius 1 is 1.35 bits per heavy atom. The normalized spacial score (nSPS) is 20.2. The lowest BCUT2D eigenvalue weighted by Crippen LogP contribution is -2.65. The highest BCUT2D eigenvalue weighted by molar-refractivity contribution is 7.18. The van der Waals surface area contributed by atoms with Crippen molar-refractivity contribution in [3.8, 4) is 0 Å². The lowest BCUT2D eigenvalue weighted by Gasteiger charge is -2.43. The van der Waals surface area contributed by atoms with Crippen molar-refractivity contribution < 1.29 is 9.59 Å². The molecule has 0 atom stereocenters. The van der Waals surface area contributed by atoms with Crippen LogP contribution in [0, 0.1) is 6.92 Å². The van der Waals surface area contributed by atoms with Gasteiger partial charge in [0.2, 0.25) is 5.91 Å². The number of rotatable bonds is 1. The van der Waals surface area contributed by atoms with E-state index in [1.165, 1.54) is 0 Å². The van der Waals surface area contributed by atoms with E-state index in [9.17, 15) is 9.59 Å². The van der Waals surface area contributed by atoms with E-state index in [-0.39, 0.29) is 11.8 Å². The number of aryl methyl sites for hydroxylation is 1. The Labute approximate surface area is 138 Å². The highest BCUT2D eigenvalue weighted by Crippen LogP contribution is 2.38. The van der Waals surface area contributed by atoms with Gasteiger partial charge in [0.25, 0.3) is 5.91 Å². The Kier molecular flexibility index (Phi) is 3.37. The molecule has 120 valence electrons. The fourth-order valence-electron chi connectivity index (χ4n) is 3.86. The van der Waals surface area contributed by atoms with Gasteiger partial charge in [-0.05, 0) is 38.0 Å². The van der Waals surface area contributed by atoms with Crippen molar-refractivity contribution in [1.29, 1.82) is 0 Å². The largest absolute Gasteiger partial charge is 0.352 e. The monoisotopic (exact) mass is 329 g/mol. The number of piperazine rings is 1. The zero-order valence-electron chi connectivity index (χ0n) is 13.1. The third-order valence-electron chi connectivity index (χ3n) is 4.98. The molecule has 1 aliphatic carbocycles. The summed E-state index contributed by atoms with van der Waals surface area (Å²) in [7, 11) is 0. The van der Waals surface area contributed by atoms with Crippen LogP contribution in [0.5, 0.6) is 0 Å². The minimum absolute atomic E-state index is 0.0179. The van der Waals surface area contributed by atoms with Crippen molar-refractivity contribution in [3.05, 3.63) is 28.8 Å². The summed E-state index contributed by atoms with van der Waals surface area (Å²) in [6, 6.07) is 5.65. The molecule has 1 spiro atoms. The zero-order valence-corrected chi connectivity index (χ0v) is 13.9. The van der Waals surface area contributed by atoms with Crippen LogP contribution >= 0.6 is 11.3 Å². The standard InChI is InChI=1S/C17H19N3O2S/c1-11-19-13-5-4-12(10-14(13)23-11)15(21)20-9-8-18-16(22)17(20)6-2-3-7-17/h4-5,10H,2-3,6-9H2,1H3,(H,18,22). The average Bonchev–Trinajstić information content (AvgIpc) is 3.15. The zero-order chi connectivity index (χ0) is 16.0. The van der Waals surface area contributed by atoms with Crippen LogP contribution in [0.4, 0.5) is 0 Å². The van der Waals surface area contributed by atoms with E-state index >= 15 is 0 Å². The topological polar surface area (TPSA) is 62.3 Å². The summed E-state index contributed by atoms with van der Waals surface area (Å²) in [4.78, 5) is 31.8. The smallest absolute Gasteiger partial charge is 0.254 e. The van der Waals surface area contributed by atoms with Gasteiger partial charge in [0.15, 0.2) is 0 Å². The molecule has 2 fully saturated rings. The van der Waals surface area contributed by atoms with Gasteiger partial charge in [-0.2, -0.15) is 0 Å². The fraction of sp³-hybridized carbons (Fsp3) is 0.471. The molecule has 23 heavy (non-hydrogen) atoms. The fourth-order valence-corrected chi connectivity index (χ4v) is 4.73. The van der Waals surface area contributed by atoms with Gasteiger partial charge >= 0.3 is 0 Å². The van der Waals surface area contributed by atoms with E-state index in [2.05, 4.69) is 10.3 Å². The Morgan fingerprint density at radius 2 is 2.13 bits per heavy atom. The van der Waals surface area contributed by atoms with Crippen molar-refractivity contribution in [2.45, 2.75) is 38.1 Å². The van der Waals surface area contributed by atoms with Gasteiger partial charge < -0.3 is 10.2 Å². The van der Waals surface area contributed by atoms with Crippen molar-refractivity contribution in [2.24, 2.45) is 0 Å². The predicted octanol–water partition coefficient (Wildman–Crippen LogP) is 2.49. The molecule has 1 aliphatic heterocycles. The number of nitrogens with zero attached hydrogens (tertiary/aromatic N) is 2. The van der Waals surface area contributed by atoms with E-state index < -0.39 is 5.54 Å². The summed E-state index contributed by atoms with van der Waals surface area (Å²) in [5.41, 5.74) is 0.951. The summed E-state index contributed by atoms with van der Waals surface area (Å²) in [5.74, 6) is -0.0148. The second-order valence-electron chi connectivity index (χ2n) is 6.37. The lowest BCUT2D eigenvalue weighted by molar-refractivity contribution is -0.134. The average molecular weight is 329 g/mol. The number of fused-ring (bicyclic) bond motifs is 1. The number of thiazole rings is 1. The van der Waals surface area contributed by atoms with Crippen LogP contribution in [0.15, 0.2) is 18.2 Å². The van der Waals surface area contributed by atoms with Crippen LogP contribution < -0.4 is 5.32 Å². The molecule has 2 amide bonds. The Balaban J connectivity index is 1.72. The summed E-state index contributed by atoms with van der Waals surface area (Å²) in [6.45, 7) is 3.09. The van der Waals surface area contributed by atoms with Gasteiger partial charge in [-0.3, -0.25) is 9.59 Å². The first kappa shape index (κ1) is 14.6. The molecular weight excluding hydrogens is 310 g/mol. The molecule has 1 saturated carbocycles. The van der Waals surface area contributed by atoms with Gasteiger partial charge in [-0.25, -0.2) is 4.98 Å². The Bertz CT molecular complexity index is 792. The number of hydrogen-bond donors (Lipinski definition) is 1. The third kappa shape index (κ3) is 2.24. The molecule has 4 rings (SSSR count). The molecule has 2 aromatic rings. The molecule has 0 unspecified atom stereocenters. The van der Waals surface area contributed by atoms with Gasteiger partial charge in [0.05, 0.1) is 15.2 Å². The Morgan fingerprint density at radius 3 is 2.91 bits per heavy atom. The molecule has 0 radical (unpaired) electrons. The minimum Gasteiger partial charge on any atom is -0.352 e. The maximum absolute atomic E-state index is 13.1. The molecule has 5 nitrogen and oxygen atoms in total. The number of carbonyl (C=O) groups excluding carboxylic acids is 2. The van der Waals surface area contributed by atoms with E-state index in [4.69, 9.17) is 0 Å². The van der Waals surface area contributed by atoms with Gasteiger partial charge in [0.1, 0.15) is 5.54 Å². The van der Waals surface area contributed by atoms with Crippen LogP contribution in [0.3, 0.4) is 0 Å². The predicted molar refractivity (Wildman–Crippen MR) is 89.6 cm³/mol. The van der Waals surface area contributed by atoms with E-state index in [0.29, 0.717) is 18.7 Å². The first-order valence-corrected chi connectivity index (χ1v) is 8.89. The molecule has 0 bridgehead atoms. The molecule has 1 saturated heterocycles. The van der Waals surface area contributed by atoms with Crippen LogP contribution in [0.2, 0.25) is 0 Å². The van der Waals surface area contributed by atoms with E-state index in [0.717, 1.165) is 40.9 Å². The summed E-state index contributed by atoms with van der Waals surface area (Å²) < 4.78 is 1.02. The highest BCUT2D eigenvalue weighted by atomic mass is 32.1. The second kappa shape index (κ2) is 5.30. The first-order chi connectivity index (χ1) is 11.1. The maximum atomic E-state index is 13.1. The van der Waals surface area contributed by atoms with Crippen molar-refractivity contribution >= 4 is 33.4 Å². The Hall–Kier alpha value is -1.95. The molecule has 2 heterocycles. The number of hydrogen-bond acceptors (Lipinski definition) is 4. The van der Waals surface area contributed by atoms with E-state index in [1.807, 2.05) is 30.0 Å². The SMILES string of the molecule is Cc1nc2ccc(C(=O)N3CCNC(=O)C34CCCC4)cc2s1. The quantitative estimate of drug-likeness (QED) is 0.874. The molecule has 1 aromatic heterocycles. The highest BCUT2D eigenvalue weighted by Gasteiger charge is 2.50. The first-order valence-electron chi connectivity index (χ1n) is 8.08. The number of benzene rings is 1. The van der Waals surface area contributed by atoms with Crippen LogP contribution in [-0.2, 0) is 4.79 Å². The summed E-state index contributed by atoms with van der Waals surface area (Å²) in [6.07, 6.45) is 3.55.